The summed E-state index contributed by atoms with van der Waals surface area (Å²) >= 11 is 4.55. The number of likely N-dealkylation sites (N-methyl/N-ethyl adjacent to an activating group) is 2. The third kappa shape index (κ3) is 25.4. The second-order valence-electron chi connectivity index (χ2n) is 53.0. The third-order valence-corrected chi connectivity index (χ3v) is 37.7. The van der Waals surface area contributed by atoms with Crippen LogP contribution in [0.1, 0.15) is 392 Å². The molecule has 3 saturated heterocycles. The highest BCUT2D eigenvalue weighted by molar-refractivity contribution is 6.13. The van der Waals surface area contributed by atoms with Gasteiger partial charge >= 0.3 is 5.97 Å². The Morgan fingerprint density at radius 2 is 0.662 bits per heavy atom. The first-order valence-electron chi connectivity index (χ1n) is 52.7. The lowest BCUT2D eigenvalue weighted by atomic mass is 9.73. The van der Waals surface area contributed by atoms with Crippen molar-refractivity contribution in [1.82, 2.24) is 25.3 Å². The highest BCUT2D eigenvalue weighted by Gasteiger charge is 2.88. The Labute approximate surface area is 852 Å². The maximum atomic E-state index is 14.7. The van der Waals surface area contributed by atoms with Gasteiger partial charge in [-0.3, -0.25) is 57.5 Å². The number of nitrogens with one attached hydrogen (secondary N) is 3. The summed E-state index contributed by atoms with van der Waals surface area (Å²) in [6.45, 7) is 57.1. The SMILES string of the molecule is CCC[C@H](CC(=O)[C@@H]1C[C@@]2(CN1C(=O)[C@@H](CC(=O)[C@@H](N)C(C)(C)C)C(C)(C)C)C(C)(C)C21CCC1)C(O)C(=O)CC1CC1.CCC[C@H](CC(=O)[C@@H]1C[C@@]2(CN1C(=O)[C@@H](CC(=O)[C@@H](NC)C(C)(C)C)C(C)(C)C)C(C)(C)C21CCC1)C(O)C(=O)CC1CC1.CCC[C@H](CC(=O)[C@@H]1C[C@@]2(CN1C(=O)[C@@H](N)C(C)(C)C)C(C)(C)C21CCC1)C(O)C(=O)CC1CC1.CN[C@H](C(=O)O)C(C)(C)C.Cl.Cl.N=NN=NCl. The van der Waals surface area contributed by atoms with Gasteiger partial charge in [0.1, 0.15) is 24.4 Å². The van der Waals surface area contributed by atoms with Gasteiger partial charge in [0.15, 0.2) is 46.3 Å². The van der Waals surface area contributed by atoms with Crippen LogP contribution in [0.2, 0.25) is 0 Å². The number of halogens is 3. The molecule has 0 bridgehead atoms. The minimum absolute atomic E-state index is 0. The molecule has 9 saturated carbocycles. The molecule has 0 aromatic rings. The van der Waals surface area contributed by atoms with Crippen molar-refractivity contribution >= 4 is 107 Å². The summed E-state index contributed by atoms with van der Waals surface area (Å²) in [4.78, 5) is 167. The number of likely N-dealkylation sites (tertiary alicyclic amines) is 3. The lowest BCUT2D eigenvalue weighted by molar-refractivity contribution is -0.147. The van der Waals surface area contributed by atoms with Crippen LogP contribution < -0.4 is 22.1 Å². The summed E-state index contributed by atoms with van der Waals surface area (Å²) in [5, 5.41) is 52.7. The van der Waals surface area contributed by atoms with Crippen molar-refractivity contribution in [2.45, 2.75) is 453 Å². The van der Waals surface area contributed by atoms with Gasteiger partial charge in [0.25, 0.3) is 0 Å². The van der Waals surface area contributed by atoms with Crippen molar-refractivity contribution in [3.8, 4) is 0 Å². The van der Waals surface area contributed by atoms with Gasteiger partial charge in [-0.25, -0.2) is 0 Å². The van der Waals surface area contributed by atoms with E-state index in [1.165, 1.54) is 32.1 Å². The van der Waals surface area contributed by atoms with Crippen molar-refractivity contribution in [1.29, 1.82) is 5.53 Å². The number of ketones is 8. The molecule has 0 radical (unpaired) electrons. The molecule has 3 amide bonds. The minimum Gasteiger partial charge on any atom is -0.480 e. The van der Waals surface area contributed by atoms with E-state index in [0.29, 0.717) is 95.2 Å². The number of carboxylic acids is 1. The number of hydrogen-bond donors (Lipinski definition) is 9. The number of amides is 3. The van der Waals surface area contributed by atoms with Crippen molar-refractivity contribution < 1.29 is 78.0 Å². The lowest BCUT2D eigenvalue weighted by Crippen LogP contribution is -2.53. The highest BCUT2D eigenvalue weighted by Crippen LogP contribution is 2.91. The number of aliphatic hydroxyl groups is 3. The maximum Gasteiger partial charge on any atom is 0.321 e. The summed E-state index contributed by atoms with van der Waals surface area (Å²) in [5.74, 6) is -3.02. The Bertz CT molecular complexity index is 4350. The van der Waals surface area contributed by atoms with E-state index in [1.807, 2.05) is 155 Å². The zero-order valence-corrected chi connectivity index (χ0v) is 93.3. The summed E-state index contributed by atoms with van der Waals surface area (Å²) in [6.07, 6.45) is 21.1. The normalized spacial score (nSPS) is 27.1. The fraction of sp³-hybridized carbons (Fsp3) is 0.890. The number of carbonyl (C=O) groups is 12. The molecular formula is C109H188Cl3N11O16. The number of nitrogens with two attached hydrogens (primary N) is 2. The van der Waals surface area contributed by atoms with Gasteiger partial charge in [0.2, 0.25) is 17.7 Å². The van der Waals surface area contributed by atoms with Crippen LogP contribution in [0.5, 0.6) is 0 Å². The first-order chi connectivity index (χ1) is 63.0. The highest BCUT2D eigenvalue weighted by atomic mass is 35.5. The predicted octanol–water partition coefficient (Wildman–Crippen LogP) is 19.4. The van der Waals surface area contributed by atoms with Crippen LogP contribution in [0.4, 0.5) is 0 Å². The first kappa shape index (κ1) is 123. The number of carboxylic acid groups (broad SMARTS) is 1. The number of nitrogens with zero attached hydrogens (tertiary/aromatic N) is 6. The second-order valence-corrected chi connectivity index (χ2v) is 53.1. The van der Waals surface area contributed by atoms with E-state index in [1.54, 1.807) is 19.0 Å². The molecule has 12 aliphatic rings. The smallest absolute Gasteiger partial charge is 0.321 e. The first-order valence-corrected chi connectivity index (χ1v) is 53.0. The van der Waals surface area contributed by atoms with Crippen LogP contribution in [0.3, 0.4) is 0 Å². The van der Waals surface area contributed by atoms with Gasteiger partial charge < -0.3 is 57.2 Å². The summed E-state index contributed by atoms with van der Waals surface area (Å²) < 4.78 is 2.60. The Kier molecular flexibility index (Phi) is 40.8. The van der Waals surface area contributed by atoms with Crippen molar-refractivity contribution in [2.24, 2.45) is 155 Å². The summed E-state index contributed by atoms with van der Waals surface area (Å²) in [7, 11) is 3.45. The van der Waals surface area contributed by atoms with Gasteiger partial charge in [-0.15, -0.1) is 24.8 Å². The number of aliphatic carboxylic acids is 1. The molecular weight excluding hydrogens is 1830 g/mol. The molecule has 6 spiro atoms. The molecule has 12 fully saturated rings. The zero-order chi connectivity index (χ0) is 104. The van der Waals surface area contributed by atoms with Crippen LogP contribution >= 0.6 is 36.6 Å². The quantitative estimate of drug-likeness (QED) is 0.0203. The van der Waals surface area contributed by atoms with Crippen LogP contribution in [0.15, 0.2) is 15.1 Å². The van der Waals surface area contributed by atoms with E-state index in [9.17, 15) is 72.9 Å². The molecule has 0 aromatic heterocycles. The molecule has 3 heterocycles. The van der Waals surface area contributed by atoms with Crippen LogP contribution in [-0.2, 0) is 57.5 Å². The van der Waals surface area contributed by atoms with Crippen molar-refractivity contribution in [3.05, 3.63) is 0 Å². The average molecular weight is 2020 g/mol. The van der Waals surface area contributed by atoms with Crippen LogP contribution in [0, 0.1) is 134 Å². The number of carbonyl (C=O) groups excluding carboxylic acids is 11. The van der Waals surface area contributed by atoms with Crippen LogP contribution in [0.25, 0.3) is 0 Å². The lowest BCUT2D eigenvalue weighted by Gasteiger charge is -2.37. The molecule has 3 aliphatic heterocycles. The number of rotatable bonds is 40. The Hall–Kier alpha value is -4.97. The third-order valence-electron chi connectivity index (χ3n) is 37.6. The maximum absolute atomic E-state index is 14.7. The van der Waals surface area contributed by atoms with E-state index < -0.39 is 106 Å². The standard InChI is InChI=1S/C37H62N2O5.C36H60N2O5.C29H48N2O4.C7H15NO2.ClHN4.2ClH/c1-11-13-24(30(43)28(41)18-23-14-15-23)19-27(40)26-21-37(35(8,9)36(37)16-12-17-36)22-39(26)32(44)25(33(2,3)4)20-29(42)31(38-10)34(5,6)7;1-10-12-23(29(42)27(40)17-22-13-14-22)18-26(39)25-20-36(34(8,9)35(36)15-11-16-35)21-38(25)31(43)24(32(2,3)4)19-28(41)30(37)33(5,6)7;1-7-9-19(23(34)22(33)14-18-10-11-18)15-21(32)20-16-29(27(5,6)28(29)12-8-13-28)17-31(20)25(35)24(30)26(2,3)4;1-7(2,3)5(8-4)6(9)10;1-3-5-4-2;;/h23-26,30-31,38,43H,11-22H2,1-10H3;22-25,29-30,42H,10-21,37H2,1-9H3;18-20,23-24,34H,7-17,30H2,1-6H3;5,8H,1-4H3,(H,9,10);2H;2*1H/t24-,25-,26+,30?,31-,37-;23-,24-,25+,29?,30-,36-;19-,20+,23?,24-,29-;5-;;;/m1111.../s1. The molecule has 30 heteroatoms. The van der Waals surface area contributed by atoms with Crippen molar-refractivity contribution in [3.63, 3.8) is 0 Å². The Morgan fingerprint density at radius 1 is 0.396 bits per heavy atom. The molecule has 9 aliphatic carbocycles. The molecule has 139 heavy (non-hydrogen) atoms. The predicted molar refractivity (Wildman–Crippen MR) is 550 cm³/mol. The Morgan fingerprint density at radius 3 is 0.842 bits per heavy atom. The monoisotopic (exact) mass is 2010 g/mol. The van der Waals surface area contributed by atoms with E-state index in [4.69, 9.17) is 22.1 Å². The van der Waals surface area contributed by atoms with Gasteiger partial charge in [-0.2, -0.15) is 5.53 Å². The van der Waals surface area contributed by atoms with Gasteiger partial charge in [-0.05, 0) is 241 Å². The number of hydrogen-bond acceptors (Lipinski definition) is 21. The van der Waals surface area contributed by atoms with E-state index in [0.717, 1.165) is 83.5 Å². The second kappa shape index (κ2) is 46.2. The average Bonchev–Trinajstić information content (AvgIpc) is 1.46. The fourth-order valence-electron chi connectivity index (χ4n) is 27.4. The van der Waals surface area contributed by atoms with Gasteiger partial charge in [-0.1, -0.05) is 230 Å². The minimum atomic E-state index is -1.14. The summed E-state index contributed by atoms with van der Waals surface area (Å²) in [5.41, 5.74) is 16.8. The van der Waals surface area contributed by atoms with E-state index in [2.05, 4.69) is 79.0 Å². The zero-order valence-electron chi connectivity index (χ0n) is 90.9. The molecule has 0 aromatic carbocycles. The van der Waals surface area contributed by atoms with Gasteiger partial charge in [0.05, 0.1) is 48.0 Å². The van der Waals surface area contributed by atoms with E-state index >= 15 is 0 Å². The van der Waals surface area contributed by atoms with E-state index in [-0.39, 0.29) is 192 Å². The van der Waals surface area contributed by atoms with Crippen LogP contribution in [-0.4, -0.2) is 199 Å². The summed E-state index contributed by atoms with van der Waals surface area (Å²) in [6, 6.07) is -3.91. The fourth-order valence-corrected chi connectivity index (χ4v) is 27.4. The molecule has 12 rings (SSSR count). The number of aliphatic hydroxyl groups excluding tert-OH is 3. The number of Topliss-reactive ketones (excluding diaryl/α,β-unsaturated/α-hetero) is 8. The molecule has 18 atom stereocenters. The number of fused-ring (bicyclic) bond motifs is 3. The molecule has 3 unspecified atom stereocenters. The Balaban J connectivity index is 0.000000296. The molecule has 11 N–H and O–H groups in total. The molecule has 27 nitrogen and oxygen atoms in total. The van der Waals surface area contributed by atoms with Crippen molar-refractivity contribution in [2.75, 3.05) is 33.7 Å². The molecule has 796 valence electrons. The topological polar surface area (TPSA) is 433 Å². The largest absolute Gasteiger partial charge is 0.480 e. The van der Waals surface area contributed by atoms with Gasteiger partial charge in [0, 0.05) is 99.1 Å².